The van der Waals surface area contributed by atoms with Crippen LogP contribution in [0.2, 0.25) is 0 Å². The van der Waals surface area contributed by atoms with Crippen molar-refractivity contribution in [3.05, 3.63) is 71.1 Å². The van der Waals surface area contributed by atoms with E-state index >= 15 is 0 Å². The van der Waals surface area contributed by atoms with Gasteiger partial charge in [0.2, 0.25) is 0 Å². The average Bonchev–Trinajstić information content (AvgIpc) is 3.34. The molecule has 0 saturated heterocycles. The Morgan fingerprint density at radius 3 is 2.82 bits per heavy atom. The molecular weight excluding hydrogens is 355 g/mol. The van der Waals surface area contributed by atoms with Crippen LogP contribution in [0.1, 0.15) is 46.3 Å². The van der Waals surface area contributed by atoms with Crippen LogP contribution in [0.4, 0.5) is 4.39 Å². The highest BCUT2D eigenvalue weighted by molar-refractivity contribution is 5.99. The number of nitrogens with one attached hydrogen (secondary N) is 2. The molecule has 0 spiro atoms. The summed E-state index contributed by atoms with van der Waals surface area (Å²) in [6, 6.07) is 10.5. The SMILES string of the molecule is Cc1ccc(F)c2cc(C(=O)NC(c3nc4ccccn4c3C)C3CC3)[nH]c12. The third-order valence-electron chi connectivity index (χ3n) is 5.67. The first-order valence-corrected chi connectivity index (χ1v) is 9.55. The van der Waals surface area contributed by atoms with E-state index < -0.39 is 0 Å². The minimum absolute atomic E-state index is 0.148. The van der Waals surface area contributed by atoms with Gasteiger partial charge in [-0.05, 0) is 62.4 Å². The molecule has 1 unspecified atom stereocenters. The Balaban J connectivity index is 1.50. The molecule has 1 aliphatic carbocycles. The van der Waals surface area contributed by atoms with Gasteiger partial charge in [0.15, 0.2) is 0 Å². The van der Waals surface area contributed by atoms with E-state index in [9.17, 15) is 9.18 Å². The summed E-state index contributed by atoms with van der Waals surface area (Å²) < 4.78 is 16.2. The average molecular weight is 376 g/mol. The fourth-order valence-electron chi connectivity index (χ4n) is 3.94. The van der Waals surface area contributed by atoms with Crippen molar-refractivity contribution in [1.29, 1.82) is 0 Å². The minimum Gasteiger partial charge on any atom is -0.350 e. The zero-order valence-electron chi connectivity index (χ0n) is 15.8. The maximum Gasteiger partial charge on any atom is 0.268 e. The minimum atomic E-state index is -0.328. The predicted molar refractivity (Wildman–Crippen MR) is 106 cm³/mol. The normalized spacial score (nSPS) is 15.2. The molecule has 0 radical (unpaired) electrons. The van der Waals surface area contributed by atoms with Crippen LogP contribution in [0, 0.1) is 25.6 Å². The van der Waals surface area contributed by atoms with Crippen LogP contribution < -0.4 is 5.32 Å². The van der Waals surface area contributed by atoms with Gasteiger partial charge in [0.25, 0.3) is 5.91 Å². The number of nitrogens with zero attached hydrogens (tertiary/aromatic N) is 2. The molecule has 1 atom stereocenters. The van der Waals surface area contributed by atoms with Crippen molar-refractivity contribution in [2.24, 2.45) is 5.92 Å². The number of hydrogen-bond donors (Lipinski definition) is 2. The van der Waals surface area contributed by atoms with Crippen molar-refractivity contribution >= 4 is 22.5 Å². The smallest absolute Gasteiger partial charge is 0.268 e. The van der Waals surface area contributed by atoms with E-state index in [0.717, 1.165) is 35.4 Å². The molecule has 6 heteroatoms. The quantitative estimate of drug-likeness (QED) is 0.553. The molecule has 3 heterocycles. The monoisotopic (exact) mass is 376 g/mol. The Morgan fingerprint density at radius 1 is 1.29 bits per heavy atom. The number of carbonyl (C=O) groups excluding carboxylic acids is 1. The number of aromatic amines is 1. The largest absolute Gasteiger partial charge is 0.350 e. The lowest BCUT2D eigenvalue weighted by molar-refractivity contribution is 0.0926. The van der Waals surface area contributed by atoms with Crippen LogP contribution in [0.15, 0.2) is 42.6 Å². The summed E-state index contributed by atoms with van der Waals surface area (Å²) in [5.41, 5.74) is 4.75. The molecule has 5 nitrogen and oxygen atoms in total. The number of aromatic nitrogens is 3. The molecule has 1 aromatic carbocycles. The van der Waals surface area contributed by atoms with Gasteiger partial charge in [-0.15, -0.1) is 0 Å². The van der Waals surface area contributed by atoms with Gasteiger partial charge < -0.3 is 14.7 Å². The Hall–Kier alpha value is -3.15. The summed E-state index contributed by atoms with van der Waals surface area (Å²) in [6.07, 6.45) is 4.12. The van der Waals surface area contributed by atoms with Gasteiger partial charge in [0.05, 0.1) is 17.3 Å². The molecule has 0 bridgehead atoms. The Morgan fingerprint density at radius 2 is 2.11 bits per heavy atom. The van der Waals surface area contributed by atoms with Crippen molar-refractivity contribution in [3.8, 4) is 0 Å². The number of aryl methyl sites for hydroxylation is 2. The lowest BCUT2D eigenvalue weighted by Crippen LogP contribution is -2.30. The molecule has 142 valence electrons. The molecule has 5 rings (SSSR count). The van der Waals surface area contributed by atoms with Crippen LogP contribution in [0.25, 0.3) is 16.6 Å². The summed E-state index contributed by atoms with van der Waals surface area (Å²) in [7, 11) is 0. The van der Waals surface area contributed by atoms with Crippen molar-refractivity contribution < 1.29 is 9.18 Å². The number of H-pyrrole nitrogens is 1. The van der Waals surface area contributed by atoms with Gasteiger partial charge in [-0.3, -0.25) is 4.79 Å². The second kappa shape index (κ2) is 6.19. The van der Waals surface area contributed by atoms with Gasteiger partial charge in [0, 0.05) is 17.3 Å². The highest BCUT2D eigenvalue weighted by atomic mass is 19.1. The number of halogens is 1. The first-order valence-electron chi connectivity index (χ1n) is 9.55. The predicted octanol–water partition coefficient (Wildman–Crippen LogP) is 4.45. The molecule has 1 saturated carbocycles. The zero-order valence-corrected chi connectivity index (χ0v) is 15.8. The standard InChI is InChI=1S/C22H21FN4O/c1-12-6-9-16(23)15-11-17(24-19(12)15)22(28)26-21(14-7-8-14)20-13(2)27-10-4-3-5-18(27)25-20/h3-6,9-11,14,21,24H,7-8H2,1-2H3,(H,26,28). The number of benzene rings is 1. The lowest BCUT2D eigenvalue weighted by Gasteiger charge is -2.17. The summed E-state index contributed by atoms with van der Waals surface area (Å²) in [5.74, 6) is -0.176. The number of hydrogen-bond acceptors (Lipinski definition) is 2. The van der Waals surface area contributed by atoms with Crippen LogP contribution in [0.5, 0.6) is 0 Å². The molecule has 0 aliphatic heterocycles. The third-order valence-corrected chi connectivity index (χ3v) is 5.67. The fourth-order valence-corrected chi connectivity index (χ4v) is 3.94. The lowest BCUT2D eigenvalue weighted by atomic mass is 10.1. The summed E-state index contributed by atoms with van der Waals surface area (Å²) in [6.45, 7) is 3.92. The third kappa shape index (κ3) is 2.68. The summed E-state index contributed by atoms with van der Waals surface area (Å²) in [4.78, 5) is 20.8. The highest BCUT2D eigenvalue weighted by Gasteiger charge is 2.36. The Bertz CT molecular complexity index is 1180. The molecule has 1 fully saturated rings. The van der Waals surface area contributed by atoms with E-state index in [4.69, 9.17) is 4.98 Å². The van der Waals surface area contributed by atoms with Gasteiger partial charge in [0.1, 0.15) is 17.2 Å². The van der Waals surface area contributed by atoms with Gasteiger partial charge in [-0.2, -0.15) is 0 Å². The second-order valence-corrected chi connectivity index (χ2v) is 7.64. The van der Waals surface area contributed by atoms with Gasteiger partial charge in [-0.25, -0.2) is 9.37 Å². The second-order valence-electron chi connectivity index (χ2n) is 7.64. The van der Waals surface area contributed by atoms with Crippen LogP contribution in [-0.4, -0.2) is 20.3 Å². The fraction of sp³-hybridized carbons (Fsp3) is 0.273. The van der Waals surface area contributed by atoms with E-state index in [2.05, 4.69) is 10.3 Å². The van der Waals surface area contributed by atoms with Crippen LogP contribution >= 0.6 is 0 Å². The highest BCUT2D eigenvalue weighted by Crippen LogP contribution is 2.42. The van der Waals surface area contributed by atoms with E-state index in [-0.39, 0.29) is 17.8 Å². The van der Waals surface area contributed by atoms with Crippen LogP contribution in [0.3, 0.4) is 0 Å². The first-order chi connectivity index (χ1) is 13.5. The van der Waals surface area contributed by atoms with E-state index in [1.54, 1.807) is 12.1 Å². The van der Waals surface area contributed by atoms with Gasteiger partial charge in [-0.1, -0.05) is 12.1 Å². The number of pyridine rings is 1. The number of rotatable bonds is 4. The molecule has 1 aliphatic rings. The Kier molecular flexibility index (Phi) is 3.75. The molecular formula is C22H21FN4O. The number of fused-ring (bicyclic) bond motifs is 2. The Labute approximate surface area is 161 Å². The van der Waals surface area contributed by atoms with Gasteiger partial charge >= 0.3 is 0 Å². The van der Waals surface area contributed by atoms with Crippen molar-refractivity contribution in [2.45, 2.75) is 32.7 Å². The van der Waals surface area contributed by atoms with Crippen molar-refractivity contribution in [3.63, 3.8) is 0 Å². The topological polar surface area (TPSA) is 62.2 Å². The number of imidazole rings is 1. The summed E-state index contributed by atoms with van der Waals surface area (Å²) in [5, 5.41) is 3.59. The van der Waals surface area contributed by atoms with E-state index in [1.807, 2.05) is 42.6 Å². The van der Waals surface area contributed by atoms with Crippen LogP contribution in [-0.2, 0) is 0 Å². The van der Waals surface area contributed by atoms with E-state index in [0.29, 0.717) is 22.5 Å². The summed E-state index contributed by atoms with van der Waals surface area (Å²) >= 11 is 0. The van der Waals surface area contributed by atoms with E-state index in [1.165, 1.54) is 6.07 Å². The van der Waals surface area contributed by atoms with Crippen molar-refractivity contribution in [1.82, 2.24) is 19.7 Å². The van der Waals surface area contributed by atoms with Crippen molar-refractivity contribution in [2.75, 3.05) is 0 Å². The maximum absolute atomic E-state index is 14.1. The molecule has 3 aromatic heterocycles. The number of amides is 1. The number of carbonyl (C=O) groups is 1. The first kappa shape index (κ1) is 17.0. The zero-order chi connectivity index (χ0) is 19.4. The molecule has 2 N–H and O–H groups in total. The molecule has 28 heavy (non-hydrogen) atoms. The maximum atomic E-state index is 14.1. The molecule has 4 aromatic rings. The molecule has 1 amide bonds.